The average molecular weight is 435 g/mol. The maximum Gasteiger partial charge on any atom is 0.363 e. The molecule has 110 valence electrons. The summed E-state index contributed by atoms with van der Waals surface area (Å²) in [6, 6.07) is 7.24. The van der Waals surface area contributed by atoms with Crippen molar-refractivity contribution in [1.82, 2.24) is 0 Å². The Morgan fingerprint density at radius 3 is 2.67 bits per heavy atom. The highest BCUT2D eigenvalue weighted by atomic mass is 127. The van der Waals surface area contributed by atoms with Crippen LogP contribution in [0.1, 0.15) is 12.0 Å². The summed E-state index contributed by atoms with van der Waals surface area (Å²) in [7, 11) is -1.88. The lowest BCUT2D eigenvalue weighted by molar-refractivity contribution is 0.231. The molecule has 0 spiro atoms. The highest BCUT2D eigenvalue weighted by molar-refractivity contribution is 14.1. The van der Waals surface area contributed by atoms with E-state index in [1.807, 2.05) is 24.3 Å². The van der Waals surface area contributed by atoms with Gasteiger partial charge in [-0.3, -0.25) is 9.09 Å². The molecule has 3 rings (SSSR count). The van der Waals surface area contributed by atoms with Crippen molar-refractivity contribution in [2.45, 2.75) is 12.5 Å². The Morgan fingerprint density at radius 2 is 2.10 bits per heavy atom. The van der Waals surface area contributed by atoms with E-state index in [9.17, 15) is 4.57 Å². The summed E-state index contributed by atoms with van der Waals surface area (Å²) in [5.41, 5.74) is 1.92. The van der Waals surface area contributed by atoms with Crippen molar-refractivity contribution >= 4 is 47.1 Å². The molecule has 1 aromatic carbocycles. The van der Waals surface area contributed by atoms with Crippen molar-refractivity contribution in [3.05, 3.63) is 62.2 Å². The third-order valence-corrected chi connectivity index (χ3v) is 7.27. The van der Waals surface area contributed by atoms with Gasteiger partial charge in [0, 0.05) is 15.7 Å². The van der Waals surface area contributed by atoms with Crippen LogP contribution in [0.5, 0.6) is 0 Å². The molecule has 1 aliphatic carbocycles. The van der Waals surface area contributed by atoms with Crippen LogP contribution in [-0.4, -0.2) is 13.2 Å². The Morgan fingerprint density at radius 1 is 1.38 bits per heavy atom. The lowest BCUT2D eigenvalue weighted by atomic mass is 10.1. The Labute approximate surface area is 142 Å². The smallest absolute Gasteiger partial charge is 0.309 e. The zero-order valence-corrected chi connectivity index (χ0v) is 15.1. The van der Waals surface area contributed by atoms with E-state index in [1.54, 1.807) is 12.1 Å². The fraction of sp³-hybridized carbons (Fsp3) is 0.200. The molecule has 1 aliphatic heterocycles. The molecule has 3 nitrogen and oxygen atoms in total. The van der Waals surface area contributed by atoms with E-state index in [-0.39, 0.29) is 6.10 Å². The predicted octanol–water partition coefficient (Wildman–Crippen LogP) is 5.57. The third kappa shape index (κ3) is 2.80. The second kappa shape index (κ2) is 6.01. The monoisotopic (exact) mass is 434 g/mol. The summed E-state index contributed by atoms with van der Waals surface area (Å²) in [6.07, 6.45) is 6.57. The minimum atomic E-state index is -3.30. The van der Waals surface area contributed by atoms with Crippen molar-refractivity contribution in [3.8, 4) is 0 Å². The highest BCUT2D eigenvalue weighted by Crippen LogP contribution is 2.69. The SMILES string of the molecule is COP1(=O)OC(C2=CC=CC2)C(I)=C1c1ccc(Cl)cc1. The predicted molar refractivity (Wildman–Crippen MR) is 93.7 cm³/mol. The van der Waals surface area contributed by atoms with Crippen molar-refractivity contribution in [2.24, 2.45) is 0 Å². The van der Waals surface area contributed by atoms with E-state index < -0.39 is 7.60 Å². The first-order valence-corrected chi connectivity index (χ1v) is 9.41. The van der Waals surface area contributed by atoms with Gasteiger partial charge in [0.2, 0.25) is 0 Å². The number of hydrogen-bond donors (Lipinski definition) is 0. The Hall–Kier alpha value is -0.390. The summed E-state index contributed by atoms with van der Waals surface area (Å²) in [5.74, 6) is 0. The minimum Gasteiger partial charge on any atom is -0.309 e. The fourth-order valence-corrected chi connectivity index (χ4v) is 6.21. The molecule has 21 heavy (non-hydrogen) atoms. The maximum atomic E-state index is 13.0. The maximum absolute atomic E-state index is 13.0. The quantitative estimate of drug-likeness (QED) is 0.461. The lowest BCUT2D eigenvalue weighted by Gasteiger charge is -2.15. The highest BCUT2D eigenvalue weighted by Gasteiger charge is 2.45. The Bertz CT molecular complexity index is 706. The van der Waals surface area contributed by atoms with E-state index in [1.165, 1.54) is 7.11 Å². The van der Waals surface area contributed by atoms with Crippen LogP contribution >= 0.6 is 41.8 Å². The molecule has 0 saturated heterocycles. The normalized spacial score (nSPS) is 28.3. The molecule has 1 aromatic rings. The summed E-state index contributed by atoms with van der Waals surface area (Å²) in [5, 5.41) is 1.28. The van der Waals surface area contributed by atoms with Crippen molar-refractivity contribution in [1.29, 1.82) is 0 Å². The summed E-state index contributed by atoms with van der Waals surface area (Å²) in [6.45, 7) is 0. The van der Waals surface area contributed by atoms with Crippen LogP contribution in [0.3, 0.4) is 0 Å². The van der Waals surface area contributed by atoms with Gasteiger partial charge in [-0.2, -0.15) is 0 Å². The molecule has 1 heterocycles. The molecule has 2 aliphatic rings. The number of benzene rings is 1. The van der Waals surface area contributed by atoms with Gasteiger partial charge >= 0.3 is 7.60 Å². The summed E-state index contributed by atoms with van der Waals surface area (Å²) < 4.78 is 24.9. The molecule has 0 aromatic heterocycles. The van der Waals surface area contributed by atoms with E-state index in [4.69, 9.17) is 20.6 Å². The average Bonchev–Trinajstić information content (AvgIpc) is 3.08. The first-order valence-electron chi connectivity index (χ1n) is 6.41. The van der Waals surface area contributed by atoms with Gasteiger partial charge in [0.15, 0.2) is 0 Å². The van der Waals surface area contributed by atoms with Crippen molar-refractivity contribution in [2.75, 3.05) is 7.11 Å². The molecule has 2 unspecified atom stereocenters. The van der Waals surface area contributed by atoms with E-state index >= 15 is 0 Å². The van der Waals surface area contributed by atoms with E-state index in [0.29, 0.717) is 10.3 Å². The van der Waals surface area contributed by atoms with E-state index in [2.05, 4.69) is 28.7 Å². The van der Waals surface area contributed by atoms with Crippen molar-refractivity contribution < 1.29 is 13.6 Å². The largest absolute Gasteiger partial charge is 0.363 e. The zero-order valence-electron chi connectivity index (χ0n) is 11.3. The molecule has 0 amide bonds. The molecule has 0 N–H and O–H groups in total. The van der Waals surface area contributed by atoms with Crippen molar-refractivity contribution in [3.63, 3.8) is 0 Å². The van der Waals surface area contributed by atoms with Gasteiger partial charge in [0.05, 0.1) is 5.31 Å². The lowest BCUT2D eigenvalue weighted by Crippen LogP contribution is -2.08. The molecular formula is C15H13ClIO3P. The van der Waals surface area contributed by atoms with Crippen LogP contribution in [0, 0.1) is 0 Å². The molecular weight excluding hydrogens is 421 g/mol. The summed E-state index contributed by atoms with van der Waals surface area (Å²) >= 11 is 8.13. The minimum absolute atomic E-state index is 0.294. The second-order valence-electron chi connectivity index (χ2n) is 4.74. The summed E-state index contributed by atoms with van der Waals surface area (Å²) in [4.78, 5) is 0. The molecule has 0 radical (unpaired) electrons. The fourth-order valence-electron chi connectivity index (χ4n) is 2.42. The van der Waals surface area contributed by atoms with Gasteiger partial charge in [-0.1, -0.05) is 42.0 Å². The molecule has 0 saturated carbocycles. The molecule has 2 atom stereocenters. The molecule has 0 fully saturated rings. The Kier molecular flexibility index (Phi) is 4.44. The van der Waals surface area contributed by atoms with Crippen LogP contribution in [0.2, 0.25) is 5.02 Å². The topological polar surface area (TPSA) is 35.5 Å². The van der Waals surface area contributed by atoms with Gasteiger partial charge in [0.25, 0.3) is 0 Å². The van der Waals surface area contributed by atoms with Crippen LogP contribution in [0.4, 0.5) is 0 Å². The van der Waals surface area contributed by atoms with Crippen LogP contribution in [0.15, 0.2) is 51.6 Å². The van der Waals surface area contributed by atoms with Crippen LogP contribution in [-0.2, 0) is 13.6 Å². The standard InChI is InChI=1S/C15H13ClIO3P/c1-19-21(18)15(11-6-8-12(16)9-7-11)13(17)14(20-21)10-4-2-3-5-10/h2-4,6-9,14H,5H2,1H3. The van der Waals surface area contributed by atoms with Gasteiger partial charge in [-0.05, 0) is 52.3 Å². The number of rotatable bonds is 3. The van der Waals surface area contributed by atoms with Crippen LogP contribution in [0.25, 0.3) is 5.31 Å². The number of allylic oxidation sites excluding steroid dienone is 3. The van der Waals surface area contributed by atoms with Gasteiger partial charge < -0.3 is 4.52 Å². The second-order valence-corrected chi connectivity index (χ2v) is 8.36. The molecule has 6 heteroatoms. The van der Waals surface area contributed by atoms with Crippen LogP contribution < -0.4 is 0 Å². The first kappa shape index (κ1) is 15.5. The number of hydrogen-bond acceptors (Lipinski definition) is 3. The first-order chi connectivity index (χ1) is 10.0. The zero-order chi connectivity index (χ0) is 15.0. The van der Waals surface area contributed by atoms with E-state index in [0.717, 1.165) is 21.1 Å². The molecule has 0 bridgehead atoms. The third-order valence-electron chi connectivity index (χ3n) is 3.47. The van der Waals surface area contributed by atoms with Gasteiger partial charge in [-0.15, -0.1) is 0 Å². The Balaban J connectivity index is 2.08. The van der Waals surface area contributed by atoms with Gasteiger partial charge in [0.1, 0.15) is 6.10 Å². The van der Waals surface area contributed by atoms with Gasteiger partial charge in [-0.25, -0.2) is 0 Å². The number of halogens is 2.